The second-order valence-corrected chi connectivity index (χ2v) is 4.94. The van der Waals surface area contributed by atoms with Crippen molar-refractivity contribution in [3.63, 3.8) is 0 Å². The summed E-state index contributed by atoms with van der Waals surface area (Å²) in [5.74, 6) is -2.02. The third kappa shape index (κ3) is 1.53. The molecule has 0 spiro atoms. The van der Waals surface area contributed by atoms with E-state index < -0.39 is 23.0 Å². The number of aromatic hydroxyl groups is 4. The number of carbonyl (C=O) groups excluding carboxylic acids is 1. The van der Waals surface area contributed by atoms with Crippen LogP contribution < -0.4 is 0 Å². The SMILES string of the molecule is Cc1cc(O)c2c(c1)Cc1c(O)c(O)cc(O)c1C2=O. The Morgan fingerprint density at radius 2 is 1.55 bits per heavy atom. The van der Waals surface area contributed by atoms with Gasteiger partial charge in [-0.2, -0.15) is 0 Å². The zero-order valence-electron chi connectivity index (χ0n) is 10.6. The van der Waals surface area contributed by atoms with Gasteiger partial charge in [-0.1, -0.05) is 6.07 Å². The van der Waals surface area contributed by atoms with Crippen LogP contribution >= 0.6 is 0 Å². The number of carbonyl (C=O) groups is 1. The summed E-state index contributed by atoms with van der Waals surface area (Å²) in [7, 11) is 0. The van der Waals surface area contributed by atoms with E-state index >= 15 is 0 Å². The predicted molar refractivity (Wildman–Crippen MR) is 70.5 cm³/mol. The van der Waals surface area contributed by atoms with E-state index in [-0.39, 0.29) is 28.9 Å². The van der Waals surface area contributed by atoms with Crippen LogP contribution in [-0.4, -0.2) is 26.2 Å². The molecule has 2 aromatic rings. The molecule has 5 heteroatoms. The van der Waals surface area contributed by atoms with Crippen LogP contribution in [0.5, 0.6) is 23.0 Å². The Morgan fingerprint density at radius 1 is 0.900 bits per heavy atom. The molecule has 0 saturated carbocycles. The van der Waals surface area contributed by atoms with Crippen molar-refractivity contribution in [2.75, 3.05) is 0 Å². The maximum absolute atomic E-state index is 12.4. The van der Waals surface area contributed by atoms with Crippen molar-refractivity contribution in [3.05, 3.63) is 46.0 Å². The highest BCUT2D eigenvalue weighted by atomic mass is 16.3. The predicted octanol–water partition coefficient (Wildman–Crippen LogP) is 1.95. The van der Waals surface area contributed by atoms with Crippen LogP contribution in [0, 0.1) is 6.92 Å². The normalized spacial score (nSPS) is 12.9. The Balaban J connectivity index is 2.33. The maximum Gasteiger partial charge on any atom is 0.201 e. The highest BCUT2D eigenvalue weighted by Gasteiger charge is 2.32. The highest BCUT2D eigenvalue weighted by molar-refractivity contribution is 6.16. The highest BCUT2D eigenvalue weighted by Crippen LogP contribution is 2.44. The van der Waals surface area contributed by atoms with Crippen LogP contribution in [0.4, 0.5) is 0 Å². The molecule has 5 nitrogen and oxygen atoms in total. The standard InChI is InChI=1S/C15H12O5/c1-6-2-7-4-8-13(10(17)5-11(18)14(8)19)15(20)12(7)9(16)3-6/h2-3,5,16-19H,4H2,1H3. The summed E-state index contributed by atoms with van der Waals surface area (Å²) in [4.78, 5) is 12.4. The molecule has 0 bridgehead atoms. The number of ketones is 1. The zero-order chi connectivity index (χ0) is 14.6. The molecular weight excluding hydrogens is 260 g/mol. The molecule has 0 atom stereocenters. The van der Waals surface area contributed by atoms with Gasteiger partial charge in [0, 0.05) is 18.1 Å². The van der Waals surface area contributed by atoms with E-state index in [0.717, 1.165) is 11.6 Å². The van der Waals surface area contributed by atoms with Gasteiger partial charge >= 0.3 is 0 Å². The molecule has 0 aromatic heterocycles. The summed E-state index contributed by atoms with van der Waals surface area (Å²) in [6.07, 6.45) is 0.152. The summed E-state index contributed by atoms with van der Waals surface area (Å²) >= 11 is 0. The van der Waals surface area contributed by atoms with E-state index in [9.17, 15) is 25.2 Å². The van der Waals surface area contributed by atoms with E-state index in [1.807, 2.05) is 0 Å². The minimum Gasteiger partial charge on any atom is -0.507 e. The smallest absolute Gasteiger partial charge is 0.201 e. The molecule has 0 fully saturated rings. The van der Waals surface area contributed by atoms with Crippen molar-refractivity contribution in [1.29, 1.82) is 0 Å². The van der Waals surface area contributed by atoms with E-state index in [2.05, 4.69) is 0 Å². The molecule has 102 valence electrons. The van der Waals surface area contributed by atoms with Gasteiger partial charge in [-0.25, -0.2) is 0 Å². The first-order chi connectivity index (χ1) is 9.40. The number of rotatable bonds is 0. The number of fused-ring (bicyclic) bond motifs is 2. The van der Waals surface area contributed by atoms with Gasteiger partial charge in [0.1, 0.15) is 11.5 Å². The summed E-state index contributed by atoms with van der Waals surface area (Å²) in [5, 5.41) is 39.2. The topological polar surface area (TPSA) is 98.0 Å². The minimum atomic E-state index is -0.563. The molecule has 1 aliphatic rings. The fourth-order valence-electron chi connectivity index (χ4n) is 2.68. The number of hydrogen-bond donors (Lipinski definition) is 4. The second-order valence-electron chi connectivity index (χ2n) is 4.94. The zero-order valence-corrected chi connectivity index (χ0v) is 10.6. The number of phenols is 4. The molecule has 0 aliphatic heterocycles. The van der Waals surface area contributed by atoms with Crippen molar-refractivity contribution in [3.8, 4) is 23.0 Å². The fraction of sp³-hybridized carbons (Fsp3) is 0.133. The summed E-state index contributed by atoms with van der Waals surface area (Å²) in [5.41, 5.74) is 1.56. The number of hydrogen-bond acceptors (Lipinski definition) is 5. The monoisotopic (exact) mass is 272 g/mol. The summed E-state index contributed by atoms with van der Waals surface area (Å²) in [6.45, 7) is 1.78. The molecule has 4 N–H and O–H groups in total. The largest absolute Gasteiger partial charge is 0.507 e. The summed E-state index contributed by atoms with van der Waals surface area (Å²) < 4.78 is 0. The van der Waals surface area contributed by atoms with Crippen LogP contribution in [0.2, 0.25) is 0 Å². The lowest BCUT2D eigenvalue weighted by molar-refractivity contribution is 0.102. The molecule has 20 heavy (non-hydrogen) atoms. The Hall–Kier alpha value is -2.69. The number of benzene rings is 2. The molecule has 0 heterocycles. The van der Waals surface area contributed by atoms with Gasteiger partial charge in [-0.3, -0.25) is 4.79 Å². The molecule has 0 amide bonds. The summed E-state index contributed by atoms with van der Waals surface area (Å²) in [6, 6.07) is 4.12. The van der Waals surface area contributed by atoms with Gasteiger partial charge in [0.25, 0.3) is 0 Å². The Labute approximate surface area is 114 Å². The van der Waals surface area contributed by atoms with E-state index in [1.165, 1.54) is 6.07 Å². The first-order valence-corrected chi connectivity index (χ1v) is 6.04. The van der Waals surface area contributed by atoms with E-state index in [4.69, 9.17) is 0 Å². The first kappa shape index (κ1) is 12.3. The van der Waals surface area contributed by atoms with Crippen LogP contribution in [-0.2, 0) is 6.42 Å². The van der Waals surface area contributed by atoms with Gasteiger partial charge < -0.3 is 20.4 Å². The van der Waals surface area contributed by atoms with Crippen molar-refractivity contribution < 1.29 is 25.2 Å². The Morgan fingerprint density at radius 3 is 2.25 bits per heavy atom. The van der Waals surface area contributed by atoms with Crippen LogP contribution in [0.15, 0.2) is 18.2 Å². The average Bonchev–Trinajstić information content (AvgIpc) is 2.34. The molecule has 3 rings (SSSR count). The van der Waals surface area contributed by atoms with Gasteiger partial charge in [0.15, 0.2) is 11.5 Å². The molecule has 1 aliphatic carbocycles. The van der Waals surface area contributed by atoms with Crippen LogP contribution in [0.3, 0.4) is 0 Å². The third-order valence-electron chi connectivity index (χ3n) is 3.52. The first-order valence-electron chi connectivity index (χ1n) is 6.04. The molecule has 0 saturated heterocycles. The Bertz CT molecular complexity index is 762. The molecular formula is C15H12O5. The maximum atomic E-state index is 12.4. The van der Waals surface area contributed by atoms with Gasteiger partial charge in [0.05, 0.1) is 11.1 Å². The van der Waals surface area contributed by atoms with E-state index in [1.54, 1.807) is 13.0 Å². The van der Waals surface area contributed by atoms with E-state index in [0.29, 0.717) is 5.56 Å². The van der Waals surface area contributed by atoms with Crippen molar-refractivity contribution in [1.82, 2.24) is 0 Å². The van der Waals surface area contributed by atoms with Gasteiger partial charge in [-0.15, -0.1) is 0 Å². The third-order valence-corrected chi connectivity index (χ3v) is 3.52. The lowest BCUT2D eigenvalue weighted by Gasteiger charge is -2.22. The number of aryl methyl sites for hydroxylation is 1. The van der Waals surface area contributed by atoms with Crippen LogP contribution in [0.25, 0.3) is 0 Å². The average molecular weight is 272 g/mol. The van der Waals surface area contributed by atoms with Crippen LogP contribution in [0.1, 0.15) is 32.6 Å². The molecule has 2 aromatic carbocycles. The van der Waals surface area contributed by atoms with Crippen molar-refractivity contribution >= 4 is 5.78 Å². The molecule has 0 unspecified atom stereocenters. The fourth-order valence-corrected chi connectivity index (χ4v) is 2.68. The second kappa shape index (κ2) is 3.90. The van der Waals surface area contributed by atoms with Gasteiger partial charge in [-0.05, 0) is 24.1 Å². The quantitative estimate of drug-likeness (QED) is 0.370. The lowest BCUT2D eigenvalue weighted by Crippen LogP contribution is -2.16. The minimum absolute atomic E-state index is 0.0769. The Kier molecular flexibility index (Phi) is 2.41. The lowest BCUT2D eigenvalue weighted by atomic mass is 9.82. The van der Waals surface area contributed by atoms with Crippen molar-refractivity contribution in [2.24, 2.45) is 0 Å². The van der Waals surface area contributed by atoms with Crippen molar-refractivity contribution in [2.45, 2.75) is 13.3 Å². The van der Waals surface area contributed by atoms with Gasteiger partial charge in [0.2, 0.25) is 5.78 Å². The molecule has 0 radical (unpaired) electrons. The number of phenolic OH excluding ortho intramolecular Hbond substituents is 4.